The van der Waals surface area contributed by atoms with Crippen molar-refractivity contribution >= 4 is 0 Å². The van der Waals surface area contributed by atoms with Crippen molar-refractivity contribution in [2.24, 2.45) is 22.7 Å². The molecule has 0 aromatic heterocycles. The predicted molar refractivity (Wildman–Crippen MR) is 105 cm³/mol. The minimum absolute atomic E-state index is 0.179. The van der Waals surface area contributed by atoms with Gasteiger partial charge in [-0.05, 0) is 88.4 Å². The third-order valence-corrected chi connectivity index (χ3v) is 7.20. The molecule has 2 rings (SSSR count). The van der Waals surface area contributed by atoms with Crippen LogP contribution in [0.25, 0.3) is 0 Å². The van der Waals surface area contributed by atoms with Crippen LogP contribution in [0.1, 0.15) is 92.9 Å². The van der Waals surface area contributed by atoms with Crippen LogP contribution in [-0.4, -0.2) is 11.2 Å². The number of aliphatic hydroxyl groups excluding tert-OH is 1. The average molecular weight is 333 g/mol. The van der Waals surface area contributed by atoms with Crippen molar-refractivity contribution < 1.29 is 5.11 Å². The molecule has 0 radical (unpaired) electrons. The second-order valence-corrected chi connectivity index (χ2v) is 9.65. The van der Waals surface area contributed by atoms with Crippen molar-refractivity contribution in [3.63, 3.8) is 0 Å². The van der Waals surface area contributed by atoms with Crippen LogP contribution in [-0.2, 0) is 0 Å². The van der Waals surface area contributed by atoms with Crippen molar-refractivity contribution in [2.45, 2.75) is 99.0 Å². The van der Waals surface area contributed by atoms with Gasteiger partial charge in [0.1, 0.15) is 0 Å². The Bertz CT molecular complexity index is 482. The molecule has 4 unspecified atom stereocenters. The quantitative estimate of drug-likeness (QED) is 0.538. The summed E-state index contributed by atoms with van der Waals surface area (Å²) in [6.07, 6.45) is 14.6. The second-order valence-electron chi connectivity index (χ2n) is 9.65. The van der Waals surface area contributed by atoms with Crippen LogP contribution < -0.4 is 0 Å². The predicted octanol–water partition coefficient (Wildman–Crippen LogP) is 6.67. The fraction of sp³-hybridized carbons (Fsp3) is 0.826. The molecule has 1 saturated carbocycles. The fourth-order valence-electron chi connectivity index (χ4n) is 5.74. The normalized spacial score (nSPS) is 34.5. The molecule has 24 heavy (non-hydrogen) atoms. The average Bonchev–Trinajstić information content (AvgIpc) is 2.45. The van der Waals surface area contributed by atoms with Gasteiger partial charge in [0.25, 0.3) is 0 Å². The van der Waals surface area contributed by atoms with E-state index in [1.165, 1.54) is 44.1 Å². The van der Waals surface area contributed by atoms with Crippen LogP contribution in [0.2, 0.25) is 0 Å². The highest BCUT2D eigenvalue weighted by molar-refractivity contribution is 5.19. The van der Waals surface area contributed by atoms with Gasteiger partial charge in [-0.3, -0.25) is 0 Å². The Morgan fingerprint density at radius 3 is 2.71 bits per heavy atom. The Hall–Kier alpha value is -0.560. The summed E-state index contributed by atoms with van der Waals surface area (Å²) in [6.45, 7) is 14.1. The van der Waals surface area contributed by atoms with Crippen molar-refractivity contribution in [1.29, 1.82) is 0 Å². The standard InChI is InChI=1S/C23H40O/c1-17(9-7-10-19(3)24)11-13-20-18(2)12-14-21-22(4,5)15-8-16-23(20,21)6/h9,12,19-21,24H,7-8,10-11,13-16H2,1-6H3/b17-9+. The molecule has 0 spiro atoms. The third-order valence-electron chi connectivity index (χ3n) is 7.20. The molecule has 0 amide bonds. The Morgan fingerprint density at radius 2 is 2.04 bits per heavy atom. The number of hydrogen-bond acceptors (Lipinski definition) is 1. The van der Waals surface area contributed by atoms with Crippen LogP contribution in [0.5, 0.6) is 0 Å². The number of hydrogen-bond donors (Lipinski definition) is 1. The van der Waals surface area contributed by atoms with E-state index in [-0.39, 0.29) is 6.10 Å². The van der Waals surface area contributed by atoms with E-state index in [2.05, 4.69) is 46.8 Å². The maximum atomic E-state index is 9.41. The first kappa shape index (κ1) is 19.8. The zero-order valence-electron chi connectivity index (χ0n) is 17.0. The largest absolute Gasteiger partial charge is 0.393 e. The summed E-state index contributed by atoms with van der Waals surface area (Å²) in [5.41, 5.74) is 4.12. The third kappa shape index (κ3) is 4.34. The van der Waals surface area contributed by atoms with Gasteiger partial charge in [-0.25, -0.2) is 0 Å². The van der Waals surface area contributed by atoms with Gasteiger partial charge >= 0.3 is 0 Å². The lowest BCUT2D eigenvalue weighted by Gasteiger charge is -2.57. The zero-order chi connectivity index (χ0) is 18.0. The molecule has 0 saturated heterocycles. The molecule has 0 aromatic rings. The lowest BCUT2D eigenvalue weighted by molar-refractivity contribution is -0.0390. The van der Waals surface area contributed by atoms with Gasteiger partial charge in [-0.15, -0.1) is 0 Å². The summed E-state index contributed by atoms with van der Waals surface area (Å²) in [5, 5.41) is 9.41. The van der Waals surface area contributed by atoms with Crippen molar-refractivity contribution in [2.75, 3.05) is 0 Å². The molecular formula is C23H40O. The highest BCUT2D eigenvalue weighted by Gasteiger charge is 2.51. The van der Waals surface area contributed by atoms with Gasteiger partial charge in [-0.1, -0.05) is 50.5 Å². The van der Waals surface area contributed by atoms with Crippen LogP contribution >= 0.6 is 0 Å². The van der Waals surface area contributed by atoms with Gasteiger partial charge in [0.05, 0.1) is 6.10 Å². The molecule has 0 aliphatic heterocycles. The molecule has 2 aliphatic carbocycles. The van der Waals surface area contributed by atoms with Crippen LogP contribution in [0, 0.1) is 22.7 Å². The molecule has 1 heteroatoms. The summed E-state index contributed by atoms with van der Waals surface area (Å²) in [6, 6.07) is 0. The summed E-state index contributed by atoms with van der Waals surface area (Å²) in [4.78, 5) is 0. The summed E-state index contributed by atoms with van der Waals surface area (Å²) in [7, 11) is 0. The zero-order valence-corrected chi connectivity index (χ0v) is 17.0. The van der Waals surface area contributed by atoms with Crippen molar-refractivity contribution in [1.82, 2.24) is 0 Å². The summed E-state index contributed by atoms with van der Waals surface area (Å²) < 4.78 is 0. The molecule has 0 aromatic carbocycles. The van der Waals surface area contributed by atoms with Crippen LogP contribution in [0.15, 0.2) is 23.3 Å². The lowest BCUT2D eigenvalue weighted by Crippen LogP contribution is -2.48. The first-order valence-corrected chi connectivity index (χ1v) is 10.2. The number of rotatable bonds is 6. The fourth-order valence-corrected chi connectivity index (χ4v) is 5.74. The first-order valence-electron chi connectivity index (χ1n) is 10.2. The van der Waals surface area contributed by atoms with Gasteiger partial charge < -0.3 is 5.11 Å². The number of aliphatic hydroxyl groups is 1. The molecule has 1 N–H and O–H groups in total. The smallest absolute Gasteiger partial charge is 0.0515 e. The molecule has 1 fully saturated rings. The molecule has 0 bridgehead atoms. The second kappa shape index (κ2) is 7.77. The van der Waals surface area contributed by atoms with E-state index < -0.39 is 0 Å². The van der Waals surface area contributed by atoms with E-state index in [1.807, 2.05) is 6.92 Å². The molecular weight excluding hydrogens is 292 g/mol. The minimum atomic E-state index is -0.179. The van der Waals surface area contributed by atoms with Crippen molar-refractivity contribution in [3.8, 4) is 0 Å². The highest BCUT2D eigenvalue weighted by Crippen LogP contribution is 2.60. The molecule has 1 nitrogen and oxygen atoms in total. The lowest BCUT2D eigenvalue weighted by atomic mass is 9.48. The van der Waals surface area contributed by atoms with E-state index in [9.17, 15) is 5.11 Å². The molecule has 4 atom stereocenters. The highest BCUT2D eigenvalue weighted by atomic mass is 16.3. The summed E-state index contributed by atoms with van der Waals surface area (Å²) >= 11 is 0. The maximum absolute atomic E-state index is 9.41. The number of fused-ring (bicyclic) bond motifs is 1. The van der Waals surface area contributed by atoms with Crippen LogP contribution in [0.3, 0.4) is 0 Å². The Balaban J connectivity index is 2.05. The first-order chi connectivity index (χ1) is 11.2. The Morgan fingerprint density at radius 1 is 1.33 bits per heavy atom. The SMILES string of the molecule is CC1=CCC2C(C)(C)CCCC2(C)C1CC/C(C)=C/CCC(C)O. The molecule has 2 aliphatic rings. The van der Waals surface area contributed by atoms with Gasteiger partial charge in [0, 0.05) is 0 Å². The van der Waals surface area contributed by atoms with E-state index in [0.29, 0.717) is 10.8 Å². The Labute approximate surface area is 150 Å². The Kier molecular flexibility index (Phi) is 6.40. The van der Waals surface area contributed by atoms with Crippen LogP contribution in [0.4, 0.5) is 0 Å². The van der Waals surface area contributed by atoms with E-state index in [0.717, 1.165) is 24.7 Å². The minimum Gasteiger partial charge on any atom is -0.393 e. The summed E-state index contributed by atoms with van der Waals surface area (Å²) in [5.74, 6) is 1.59. The molecule has 138 valence electrons. The maximum Gasteiger partial charge on any atom is 0.0515 e. The van der Waals surface area contributed by atoms with Gasteiger partial charge in [0.15, 0.2) is 0 Å². The molecule has 0 heterocycles. The van der Waals surface area contributed by atoms with Gasteiger partial charge in [0.2, 0.25) is 0 Å². The van der Waals surface area contributed by atoms with E-state index in [4.69, 9.17) is 0 Å². The monoisotopic (exact) mass is 332 g/mol. The van der Waals surface area contributed by atoms with E-state index in [1.54, 1.807) is 5.57 Å². The topological polar surface area (TPSA) is 20.2 Å². The van der Waals surface area contributed by atoms with Crippen molar-refractivity contribution in [3.05, 3.63) is 23.3 Å². The van der Waals surface area contributed by atoms with Gasteiger partial charge in [-0.2, -0.15) is 0 Å². The number of allylic oxidation sites excluding steroid dienone is 4. The van der Waals surface area contributed by atoms with E-state index >= 15 is 0 Å².